The Morgan fingerprint density at radius 2 is 1.81 bits per heavy atom. The van der Waals surface area contributed by atoms with Gasteiger partial charge in [0.25, 0.3) is 5.91 Å². The lowest BCUT2D eigenvalue weighted by atomic mass is 10.2. The van der Waals surface area contributed by atoms with Crippen molar-refractivity contribution in [2.24, 2.45) is 0 Å². The summed E-state index contributed by atoms with van der Waals surface area (Å²) < 4.78 is 14.2. The monoisotopic (exact) mass is 349 g/mol. The van der Waals surface area contributed by atoms with E-state index in [4.69, 9.17) is 0 Å². The highest BCUT2D eigenvalue weighted by Gasteiger charge is 2.13. The van der Waals surface area contributed by atoms with Crippen LogP contribution in [-0.4, -0.2) is 15.9 Å². The van der Waals surface area contributed by atoms with Crippen molar-refractivity contribution in [2.75, 3.05) is 5.32 Å². The lowest BCUT2D eigenvalue weighted by Gasteiger charge is -2.08. The van der Waals surface area contributed by atoms with E-state index in [9.17, 15) is 14.0 Å². The Labute approximate surface area is 126 Å². The highest BCUT2D eigenvalue weighted by Crippen LogP contribution is 2.27. The van der Waals surface area contributed by atoms with Gasteiger partial charge in [-0.3, -0.25) is 4.79 Å². The number of aromatic nitrogens is 2. The average molecular weight is 350 g/mol. The van der Waals surface area contributed by atoms with E-state index in [-0.39, 0.29) is 11.3 Å². The number of imidazole rings is 1. The van der Waals surface area contributed by atoms with Crippen LogP contribution in [0.2, 0.25) is 0 Å². The summed E-state index contributed by atoms with van der Waals surface area (Å²) in [7, 11) is 0. The van der Waals surface area contributed by atoms with Crippen LogP contribution in [0.1, 0.15) is 10.4 Å². The van der Waals surface area contributed by atoms with Gasteiger partial charge >= 0.3 is 5.69 Å². The fraction of sp³-hybridized carbons (Fsp3) is 0. The fourth-order valence-corrected chi connectivity index (χ4v) is 2.43. The van der Waals surface area contributed by atoms with Crippen molar-refractivity contribution in [1.82, 2.24) is 9.97 Å². The van der Waals surface area contributed by atoms with E-state index in [2.05, 4.69) is 31.2 Å². The Kier molecular flexibility index (Phi) is 3.34. The molecule has 1 aromatic heterocycles. The van der Waals surface area contributed by atoms with Crippen molar-refractivity contribution in [3.05, 3.63) is 62.7 Å². The van der Waals surface area contributed by atoms with E-state index in [1.54, 1.807) is 18.2 Å². The Balaban J connectivity index is 1.98. The minimum absolute atomic E-state index is 0.0490. The molecule has 5 nitrogen and oxygen atoms in total. The van der Waals surface area contributed by atoms with Crippen LogP contribution in [0.4, 0.5) is 10.1 Å². The van der Waals surface area contributed by atoms with E-state index in [1.165, 1.54) is 18.2 Å². The Morgan fingerprint density at radius 1 is 1.14 bits per heavy atom. The largest absolute Gasteiger partial charge is 0.323 e. The summed E-state index contributed by atoms with van der Waals surface area (Å²) in [5.74, 6) is -1.16. The van der Waals surface area contributed by atoms with Gasteiger partial charge in [-0.1, -0.05) is 12.1 Å². The molecule has 3 aromatic rings. The molecule has 0 aliphatic heterocycles. The summed E-state index contributed by atoms with van der Waals surface area (Å²) in [6.07, 6.45) is 0. The van der Waals surface area contributed by atoms with Crippen molar-refractivity contribution in [3.63, 3.8) is 0 Å². The van der Waals surface area contributed by atoms with Crippen molar-refractivity contribution < 1.29 is 9.18 Å². The highest BCUT2D eigenvalue weighted by atomic mass is 79.9. The van der Waals surface area contributed by atoms with Crippen LogP contribution in [0.15, 0.2) is 45.7 Å². The van der Waals surface area contributed by atoms with Crippen LogP contribution < -0.4 is 11.0 Å². The predicted molar refractivity (Wildman–Crippen MR) is 81.0 cm³/mol. The molecule has 0 saturated carbocycles. The molecule has 0 bridgehead atoms. The summed E-state index contributed by atoms with van der Waals surface area (Å²) in [6.45, 7) is 0. The molecule has 0 saturated heterocycles. The maximum atomic E-state index is 13.6. The molecular weight excluding hydrogens is 341 g/mol. The predicted octanol–water partition coefficient (Wildman–Crippen LogP) is 3.01. The first kappa shape index (κ1) is 13.6. The molecule has 0 aliphatic rings. The summed E-state index contributed by atoms with van der Waals surface area (Å²) in [4.78, 5) is 28.5. The molecule has 1 amide bonds. The number of aromatic amines is 2. The molecule has 21 heavy (non-hydrogen) atoms. The van der Waals surface area contributed by atoms with Crippen molar-refractivity contribution >= 4 is 38.6 Å². The van der Waals surface area contributed by atoms with Gasteiger partial charge in [0, 0.05) is 4.47 Å². The van der Waals surface area contributed by atoms with Gasteiger partial charge in [0.05, 0.1) is 22.3 Å². The first-order valence-electron chi connectivity index (χ1n) is 6.02. The van der Waals surface area contributed by atoms with E-state index in [1.807, 2.05) is 0 Å². The number of benzene rings is 2. The normalized spacial score (nSPS) is 10.8. The van der Waals surface area contributed by atoms with E-state index in [0.717, 1.165) is 0 Å². The number of halogens is 2. The van der Waals surface area contributed by atoms with Crippen LogP contribution >= 0.6 is 15.9 Å². The van der Waals surface area contributed by atoms with Gasteiger partial charge < -0.3 is 15.3 Å². The molecule has 0 fully saturated rings. The molecule has 0 unspecified atom stereocenters. The van der Waals surface area contributed by atoms with Crippen LogP contribution in [0, 0.1) is 5.82 Å². The third-order valence-corrected chi connectivity index (χ3v) is 3.63. The second-order valence-electron chi connectivity index (χ2n) is 4.39. The third-order valence-electron chi connectivity index (χ3n) is 2.97. The van der Waals surface area contributed by atoms with Gasteiger partial charge in [-0.2, -0.15) is 0 Å². The molecule has 0 atom stereocenters. The minimum Gasteiger partial charge on any atom is -0.321 e. The van der Waals surface area contributed by atoms with Crippen LogP contribution in [0.25, 0.3) is 11.0 Å². The van der Waals surface area contributed by atoms with E-state index >= 15 is 0 Å². The maximum absolute atomic E-state index is 13.6. The number of anilines is 1. The van der Waals surface area contributed by atoms with Gasteiger partial charge in [-0.25, -0.2) is 9.18 Å². The van der Waals surface area contributed by atoms with Crippen LogP contribution in [0.5, 0.6) is 0 Å². The summed E-state index contributed by atoms with van der Waals surface area (Å²) in [5.41, 5.74) is 1.20. The number of hydrogen-bond acceptors (Lipinski definition) is 2. The van der Waals surface area contributed by atoms with Crippen molar-refractivity contribution in [3.8, 4) is 0 Å². The highest BCUT2D eigenvalue weighted by molar-refractivity contribution is 9.10. The van der Waals surface area contributed by atoms with Crippen molar-refractivity contribution in [1.29, 1.82) is 0 Å². The van der Waals surface area contributed by atoms with Crippen LogP contribution in [-0.2, 0) is 0 Å². The smallest absolute Gasteiger partial charge is 0.321 e. The molecule has 0 radical (unpaired) electrons. The molecule has 0 spiro atoms. The fourth-order valence-electron chi connectivity index (χ4n) is 1.99. The zero-order valence-electron chi connectivity index (χ0n) is 10.5. The first-order chi connectivity index (χ1) is 10.0. The molecule has 106 valence electrons. The SMILES string of the molecule is O=C(Nc1cc2[nH]c(=O)[nH]c2cc1Br)c1ccccc1F. The molecule has 0 aliphatic carbocycles. The second kappa shape index (κ2) is 5.17. The number of amides is 1. The number of carbonyl (C=O) groups excluding carboxylic acids is 1. The third kappa shape index (κ3) is 2.59. The topological polar surface area (TPSA) is 77.8 Å². The zero-order chi connectivity index (χ0) is 15.0. The van der Waals surface area contributed by atoms with E-state index in [0.29, 0.717) is 21.2 Å². The number of carbonyl (C=O) groups is 1. The Hall–Kier alpha value is -2.41. The summed E-state index contributed by atoms with van der Waals surface area (Å²) in [5, 5.41) is 2.61. The molecular formula is C14H9BrFN3O2. The molecule has 2 aromatic carbocycles. The van der Waals surface area contributed by atoms with Gasteiger partial charge in [0.1, 0.15) is 5.82 Å². The lowest BCUT2D eigenvalue weighted by molar-refractivity contribution is 0.102. The zero-order valence-corrected chi connectivity index (χ0v) is 12.1. The second-order valence-corrected chi connectivity index (χ2v) is 5.25. The number of hydrogen-bond donors (Lipinski definition) is 3. The van der Waals surface area contributed by atoms with Crippen molar-refractivity contribution in [2.45, 2.75) is 0 Å². The van der Waals surface area contributed by atoms with Gasteiger partial charge in [0.15, 0.2) is 0 Å². The van der Waals surface area contributed by atoms with Gasteiger partial charge in [-0.05, 0) is 40.2 Å². The minimum atomic E-state index is -0.595. The number of rotatable bonds is 2. The standard InChI is InChI=1S/C14H9BrFN3O2/c15-8-5-11-12(19-14(21)18-11)6-10(8)17-13(20)7-3-1-2-4-9(7)16/h1-6H,(H,17,20)(H2,18,19,21). The number of nitrogens with one attached hydrogen (secondary N) is 3. The quantitative estimate of drug-likeness (QED) is 0.664. The molecule has 3 rings (SSSR count). The van der Waals surface area contributed by atoms with Gasteiger partial charge in [0.2, 0.25) is 0 Å². The number of fused-ring (bicyclic) bond motifs is 1. The molecule has 1 heterocycles. The lowest BCUT2D eigenvalue weighted by Crippen LogP contribution is -2.14. The average Bonchev–Trinajstić information content (AvgIpc) is 2.78. The molecule has 3 N–H and O–H groups in total. The van der Waals surface area contributed by atoms with Crippen LogP contribution in [0.3, 0.4) is 0 Å². The maximum Gasteiger partial charge on any atom is 0.323 e. The molecule has 7 heteroatoms. The van der Waals surface area contributed by atoms with Gasteiger partial charge in [-0.15, -0.1) is 0 Å². The van der Waals surface area contributed by atoms with E-state index < -0.39 is 11.7 Å². The number of H-pyrrole nitrogens is 2. The summed E-state index contributed by atoms with van der Waals surface area (Å²) >= 11 is 3.30. The Bertz CT molecular complexity index is 901. The Morgan fingerprint density at radius 3 is 2.52 bits per heavy atom. The first-order valence-corrected chi connectivity index (χ1v) is 6.81. The summed E-state index contributed by atoms with van der Waals surface area (Å²) in [6, 6.07) is 8.96.